The van der Waals surface area contributed by atoms with Gasteiger partial charge < -0.3 is 11.1 Å². The van der Waals surface area contributed by atoms with Crippen molar-refractivity contribution < 1.29 is 4.79 Å². The lowest BCUT2D eigenvalue weighted by atomic mass is 10.1. The number of rotatable bonds is 5. The van der Waals surface area contributed by atoms with Crippen LogP contribution in [0.5, 0.6) is 0 Å². The van der Waals surface area contributed by atoms with Gasteiger partial charge in [0.2, 0.25) is 17.8 Å². The van der Waals surface area contributed by atoms with Crippen LogP contribution in [0, 0.1) is 0 Å². The molecule has 0 fully saturated rings. The number of nitrogens with zero attached hydrogens (tertiary/aromatic N) is 6. The number of aromatic nitrogens is 6. The van der Waals surface area contributed by atoms with Crippen LogP contribution in [0.25, 0.3) is 5.95 Å². The molecule has 0 saturated carbocycles. The van der Waals surface area contributed by atoms with Crippen LogP contribution >= 0.6 is 0 Å². The summed E-state index contributed by atoms with van der Waals surface area (Å²) < 4.78 is 1.32. The van der Waals surface area contributed by atoms with E-state index in [9.17, 15) is 4.79 Å². The molecule has 2 aromatic rings. The minimum Gasteiger partial charge on any atom is -0.368 e. The van der Waals surface area contributed by atoms with Crippen molar-refractivity contribution in [3.63, 3.8) is 0 Å². The van der Waals surface area contributed by atoms with E-state index in [-0.39, 0.29) is 17.8 Å². The number of primary amides is 1. The number of carbonyl (C=O) groups excluding carboxylic acids is 1. The van der Waals surface area contributed by atoms with Crippen molar-refractivity contribution in [1.82, 2.24) is 29.7 Å². The Balaban J connectivity index is 2.39. The Morgan fingerprint density at radius 3 is 2.55 bits per heavy atom. The minimum atomic E-state index is -1.03. The molecule has 2 heterocycles. The largest absolute Gasteiger partial charge is 0.368 e. The second-order valence-electron chi connectivity index (χ2n) is 4.38. The van der Waals surface area contributed by atoms with E-state index in [1.807, 2.05) is 0 Å². The second-order valence-corrected chi connectivity index (χ2v) is 4.38. The first-order valence-corrected chi connectivity index (χ1v) is 5.58. The summed E-state index contributed by atoms with van der Waals surface area (Å²) >= 11 is 0. The average Bonchev–Trinajstić information content (AvgIpc) is 2.91. The number of nitrogen functional groups attached to an aromatic ring is 1. The summed E-state index contributed by atoms with van der Waals surface area (Å²) in [5.74, 6) is 5.16. The molecule has 11 nitrogen and oxygen atoms in total. The van der Waals surface area contributed by atoms with E-state index in [1.54, 1.807) is 13.8 Å². The van der Waals surface area contributed by atoms with Crippen molar-refractivity contribution in [2.45, 2.75) is 19.4 Å². The van der Waals surface area contributed by atoms with Gasteiger partial charge in [0.15, 0.2) is 0 Å². The monoisotopic (exact) mass is 278 g/mol. The molecule has 0 aliphatic heterocycles. The summed E-state index contributed by atoms with van der Waals surface area (Å²) in [6.45, 7) is 3.20. The van der Waals surface area contributed by atoms with Crippen molar-refractivity contribution in [1.29, 1.82) is 0 Å². The molecule has 0 aliphatic rings. The van der Waals surface area contributed by atoms with Gasteiger partial charge in [-0.25, -0.2) is 10.8 Å². The van der Waals surface area contributed by atoms with E-state index < -0.39 is 11.4 Å². The number of carbonyl (C=O) groups is 1. The highest BCUT2D eigenvalue weighted by atomic mass is 16.1. The molecule has 1 amide bonds. The summed E-state index contributed by atoms with van der Waals surface area (Å²) in [5.41, 5.74) is 6.55. The van der Waals surface area contributed by atoms with Crippen LogP contribution < -0.4 is 22.3 Å². The predicted molar refractivity (Wildman–Crippen MR) is 69.5 cm³/mol. The van der Waals surface area contributed by atoms with E-state index in [0.717, 1.165) is 0 Å². The Bertz CT molecular complexity index is 607. The molecule has 0 aromatic carbocycles. The van der Waals surface area contributed by atoms with Crippen LogP contribution in [0.2, 0.25) is 0 Å². The first-order valence-electron chi connectivity index (χ1n) is 5.58. The molecule has 0 bridgehead atoms. The fraction of sp³-hybridized carbons (Fsp3) is 0.333. The van der Waals surface area contributed by atoms with Gasteiger partial charge in [-0.2, -0.15) is 24.7 Å². The molecular formula is C9H14N10O. The lowest BCUT2D eigenvalue weighted by Gasteiger charge is -2.22. The Hall–Kier alpha value is -2.82. The molecule has 0 unspecified atom stereocenters. The summed E-state index contributed by atoms with van der Waals surface area (Å²) in [7, 11) is 0. The first kappa shape index (κ1) is 13.6. The topological polar surface area (TPSA) is 163 Å². The molecule has 0 atom stereocenters. The molecule has 0 saturated heterocycles. The molecular weight excluding hydrogens is 264 g/mol. The number of anilines is 2. The van der Waals surface area contributed by atoms with Crippen molar-refractivity contribution in [3.05, 3.63) is 12.7 Å². The third kappa shape index (κ3) is 2.77. The third-order valence-corrected chi connectivity index (χ3v) is 2.42. The fourth-order valence-electron chi connectivity index (χ4n) is 1.24. The fourth-order valence-corrected chi connectivity index (χ4v) is 1.24. The van der Waals surface area contributed by atoms with Gasteiger partial charge in [0, 0.05) is 0 Å². The maximum Gasteiger partial charge on any atom is 0.258 e. The normalized spacial score (nSPS) is 11.2. The number of nitrogens with two attached hydrogens (primary N) is 2. The van der Waals surface area contributed by atoms with Crippen LogP contribution in [0.4, 0.5) is 11.9 Å². The zero-order valence-corrected chi connectivity index (χ0v) is 10.9. The average molecular weight is 278 g/mol. The Morgan fingerprint density at radius 2 is 2.00 bits per heavy atom. The van der Waals surface area contributed by atoms with Crippen molar-refractivity contribution >= 4 is 17.8 Å². The molecule has 20 heavy (non-hydrogen) atoms. The van der Waals surface area contributed by atoms with Gasteiger partial charge in [-0.3, -0.25) is 10.2 Å². The van der Waals surface area contributed by atoms with E-state index in [2.05, 4.69) is 35.8 Å². The van der Waals surface area contributed by atoms with Gasteiger partial charge in [-0.05, 0) is 13.8 Å². The predicted octanol–water partition coefficient (Wildman–Crippen LogP) is -1.59. The number of hydrogen-bond donors (Lipinski definition) is 4. The van der Waals surface area contributed by atoms with E-state index in [0.29, 0.717) is 0 Å². The van der Waals surface area contributed by atoms with Crippen LogP contribution in [0.3, 0.4) is 0 Å². The van der Waals surface area contributed by atoms with Crippen molar-refractivity contribution in [2.75, 3.05) is 10.7 Å². The highest BCUT2D eigenvalue weighted by Gasteiger charge is 2.26. The van der Waals surface area contributed by atoms with Gasteiger partial charge in [-0.1, -0.05) is 0 Å². The van der Waals surface area contributed by atoms with Crippen LogP contribution in [-0.4, -0.2) is 41.2 Å². The maximum atomic E-state index is 11.3. The van der Waals surface area contributed by atoms with Gasteiger partial charge in [-0.15, -0.1) is 0 Å². The number of amides is 1. The van der Waals surface area contributed by atoms with Crippen LogP contribution in [0.15, 0.2) is 12.7 Å². The molecule has 0 aliphatic carbocycles. The Kier molecular flexibility index (Phi) is 3.43. The standard InChI is InChI=1S/C9H14N10O/c1-9(2,5(10)20)17-6-14-7(18-11)16-8(15-6)19-4-12-3-13-19/h3-4H,11H2,1-2H3,(H2,10,20)(H2,14,15,16,17,18). The molecule has 0 radical (unpaired) electrons. The molecule has 11 heteroatoms. The van der Waals surface area contributed by atoms with E-state index in [1.165, 1.54) is 17.3 Å². The zero-order chi connectivity index (χ0) is 14.8. The quantitative estimate of drug-likeness (QED) is 0.373. The highest BCUT2D eigenvalue weighted by molar-refractivity contribution is 5.86. The Morgan fingerprint density at radius 1 is 1.30 bits per heavy atom. The minimum absolute atomic E-state index is 0.105. The lowest BCUT2D eigenvalue weighted by Crippen LogP contribution is -2.45. The zero-order valence-electron chi connectivity index (χ0n) is 10.9. The summed E-state index contributed by atoms with van der Waals surface area (Å²) in [6.07, 6.45) is 2.75. The first-order chi connectivity index (χ1) is 9.42. The molecule has 2 rings (SSSR count). The molecule has 6 N–H and O–H groups in total. The van der Waals surface area contributed by atoms with Gasteiger partial charge in [0.1, 0.15) is 18.2 Å². The summed E-state index contributed by atoms with van der Waals surface area (Å²) in [6, 6.07) is 0. The molecule has 0 spiro atoms. The van der Waals surface area contributed by atoms with E-state index in [4.69, 9.17) is 11.6 Å². The Labute approximate surface area is 113 Å². The van der Waals surface area contributed by atoms with Gasteiger partial charge in [0.25, 0.3) is 5.95 Å². The molecule has 106 valence electrons. The maximum absolute atomic E-state index is 11.3. The second kappa shape index (κ2) is 5.05. The number of hydrazine groups is 1. The number of nitrogens with one attached hydrogen (secondary N) is 2. The van der Waals surface area contributed by atoms with Gasteiger partial charge >= 0.3 is 0 Å². The number of hydrogen-bond acceptors (Lipinski definition) is 9. The lowest BCUT2D eigenvalue weighted by molar-refractivity contribution is -0.121. The van der Waals surface area contributed by atoms with Crippen molar-refractivity contribution in [3.8, 4) is 5.95 Å². The SMILES string of the molecule is CC(C)(Nc1nc(NN)nc(-n2cncn2)n1)C(N)=O. The third-order valence-electron chi connectivity index (χ3n) is 2.42. The highest BCUT2D eigenvalue weighted by Crippen LogP contribution is 2.13. The molecule has 2 aromatic heterocycles. The van der Waals surface area contributed by atoms with E-state index >= 15 is 0 Å². The van der Waals surface area contributed by atoms with Gasteiger partial charge in [0.05, 0.1) is 0 Å². The van der Waals surface area contributed by atoms with Crippen LogP contribution in [-0.2, 0) is 4.79 Å². The van der Waals surface area contributed by atoms with Crippen molar-refractivity contribution in [2.24, 2.45) is 11.6 Å². The smallest absolute Gasteiger partial charge is 0.258 e. The van der Waals surface area contributed by atoms with Crippen LogP contribution in [0.1, 0.15) is 13.8 Å². The summed E-state index contributed by atoms with van der Waals surface area (Å²) in [5, 5.41) is 6.70. The summed E-state index contributed by atoms with van der Waals surface area (Å²) in [4.78, 5) is 27.2.